The Morgan fingerprint density at radius 3 is 2.74 bits per heavy atom. The number of fused-ring (bicyclic) bond motifs is 1. The van der Waals surface area contributed by atoms with Crippen LogP contribution in [-0.2, 0) is 0 Å². The van der Waals surface area contributed by atoms with E-state index >= 15 is 0 Å². The lowest BCUT2D eigenvalue weighted by atomic mass is 10.1. The number of aromatic nitrogens is 3. The molecule has 0 unspecified atom stereocenters. The van der Waals surface area contributed by atoms with Gasteiger partial charge in [0, 0.05) is 23.7 Å². The van der Waals surface area contributed by atoms with Crippen molar-refractivity contribution >= 4 is 27.9 Å². The third-order valence-corrected chi connectivity index (χ3v) is 6.32. The average Bonchev–Trinajstić information content (AvgIpc) is 3.38. The second-order valence-corrected chi connectivity index (χ2v) is 8.17. The maximum absolute atomic E-state index is 13.0. The van der Waals surface area contributed by atoms with Crippen LogP contribution in [0.4, 0.5) is 0 Å². The molecule has 3 aromatic heterocycles. The summed E-state index contributed by atoms with van der Waals surface area (Å²) < 4.78 is 1.63. The van der Waals surface area contributed by atoms with E-state index in [4.69, 9.17) is 16.6 Å². The lowest BCUT2D eigenvalue weighted by Crippen LogP contribution is -2.17. The van der Waals surface area contributed by atoms with Gasteiger partial charge >= 0.3 is 0 Å². The molecule has 0 spiro atoms. The minimum Gasteiger partial charge on any atom is -0.267 e. The van der Waals surface area contributed by atoms with E-state index in [9.17, 15) is 4.79 Å². The fraction of sp³-hybridized carbons (Fsp3) is 0.190. The van der Waals surface area contributed by atoms with Crippen LogP contribution >= 0.6 is 22.9 Å². The van der Waals surface area contributed by atoms with Crippen molar-refractivity contribution in [3.05, 3.63) is 86.4 Å². The maximum Gasteiger partial charge on any atom is 0.278 e. The quantitative estimate of drug-likeness (QED) is 0.489. The largest absolute Gasteiger partial charge is 0.278 e. The molecule has 27 heavy (non-hydrogen) atoms. The molecule has 0 bridgehead atoms. The summed E-state index contributed by atoms with van der Waals surface area (Å²) in [4.78, 5) is 22.7. The van der Waals surface area contributed by atoms with Gasteiger partial charge in [-0.15, -0.1) is 11.3 Å². The number of aryl methyl sites for hydroxylation is 1. The zero-order valence-electron chi connectivity index (χ0n) is 14.6. The number of hydrogen-bond donors (Lipinski definition) is 0. The van der Waals surface area contributed by atoms with Gasteiger partial charge in [-0.25, -0.2) is 9.38 Å². The molecular formula is C21H16ClN3OS. The lowest BCUT2D eigenvalue weighted by molar-refractivity contribution is 0.938. The van der Waals surface area contributed by atoms with Crippen LogP contribution in [0.1, 0.15) is 35.1 Å². The van der Waals surface area contributed by atoms with E-state index in [0.29, 0.717) is 16.6 Å². The molecule has 5 rings (SSSR count). The van der Waals surface area contributed by atoms with E-state index in [0.717, 1.165) is 17.7 Å². The summed E-state index contributed by atoms with van der Waals surface area (Å²) in [6.07, 6.45) is 4.59. The molecule has 0 N–H and O–H groups in total. The molecule has 1 aliphatic carbocycles. The Labute approximate surface area is 165 Å². The Morgan fingerprint density at radius 2 is 2.00 bits per heavy atom. The molecule has 6 heteroatoms. The highest BCUT2D eigenvalue weighted by atomic mass is 35.5. The number of rotatable bonds is 3. The summed E-state index contributed by atoms with van der Waals surface area (Å²) in [5, 5.41) is 2.20. The van der Waals surface area contributed by atoms with Crippen LogP contribution in [0.5, 0.6) is 0 Å². The third kappa shape index (κ3) is 2.78. The van der Waals surface area contributed by atoms with Crippen LogP contribution in [0.3, 0.4) is 0 Å². The lowest BCUT2D eigenvalue weighted by Gasteiger charge is -2.06. The number of halogens is 1. The van der Waals surface area contributed by atoms with Crippen molar-refractivity contribution < 1.29 is 0 Å². The first-order valence-electron chi connectivity index (χ1n) is 8.80. The smallest absolute Gasteiger partial charge is 0.267 e. The van der Waals surface area contributed by atoms with Crippen LogP contribution in [0.25, 0.3) is 16.2 Å². The zero-order valence-corrected chi connectivity index (χ0v) is 16.2. The fourth-order valence-electron chi connectivity index (χ4n) is 3.58. The van der Waals surface area contributed by atoms with Crippen LogP contribution in [-0.4, -0.2) is 14.4 Å². The van der Waals surface area contributed by atoms with Crippen molar-refractivity contribution in [1.29, 1.82) is 0 Å². The normalized spacial score (nSPS) is 18.7. The van der Waals surface area contributed by atoms with Gasteiger partial charge in [0.25, 0.3) is 5.56 Å². The van der Waals surface area contributed by atoms with Crippen molar-refractivity contribution in [1.82, 2.24) is 14.4 Å². The average molecular weight is 394 g/mol. The van der Waals surface area contributed by atoms with E-state index in [1.807, 2.05) is 48.8 Å². The second-order valence-electron chi connectivity index (χ2n) is 6.96. The summed E-state index contributed by atoms with van der Waals surface area (Å²) in [5.41, 5.74) is 4.70. The first-order valence-corrected chi connectivity index (χ1v) is 10.1. The van der Waals surface area contributed by atoms with Crippen molar-refractivity contribution in [2.75, 3.05) is 0 Å². The van der Waals surface area contributed by atoms with Crippen molar-refractivity contribution in [2.24, 2.45) is 0 Å². The molecule has 2 atom stereocenters. The maximum atomic E-state index is 13.0. The molecule has 3 heterocycles. The number of pyridine rings is 1. The van der Waals surface area contributed by atoms with Crippen molar-refractivity contribution in [2.45, 2.75) is 25.2 Å². The molecule has 4 aromatic rings. The molecule has 0 amide bonds. The molecule has 1 aliphatic rings. The summed E-state index contributed by atoms with van der Waals surface area (Å²) in [6, 6.07) is 12.1. The Bertz CT molecular complexity index is 1200. The van der Waals surface area contributed by atoms with Crippen LogP contribution in [0.2, 0.25) is 5.02 Å². The Kier molecular flexibility index (Phi) is 3.88. The third-order valence-electron chi connectivity index (χ3n) is 5.14. The number of thiazole rings is 1. The highest BCUT2D eigenvalue weighted by Crippen LogP contribution is 2.55. The van der Waals surface area contributed by atoms with Gasteiger partial charge in [-0.1, -0.05) is 47.5 Å². The molecule has 4 nitrogen and oxygen atoms in total. The Morgan fingerprint density at radius 1 is 1.19 bits per heavy atom. The molecule has 0 saturated heterocycles. The molecule has 1 fully saturated rings. The van der Waals surface area contributed by atoms with Gasteiger partial charge in [0.15, 0.2) is 4.96 Å². The van der Waals surface area contributed by atoms with Crippen LogP contribution in [0.15, 0.2) is 59.0 Å². The van der Waals surface area contributed by atoms with Gasteiger partial charge in [0.2, 0.25) is 0 Å². The monoisotopic (exact) mass is 393 g/mol. The van der Waals surface area contributed by atoms with E-state index in [1.165, 1.54) is 22.5 Å². The standard InChI is InChI=1S/C21H16ClN3OS/c1-12-4-6-13(7-5-12)17-11-27-21-24-19(18(22)20(26)25(17)21)16-9-15(16)14-3-2-8-23-10-14/h2-8,10-11,15-16H,9H2,1H3/t15-,16+/m0/s1. The van der Waals surface area contributed by atoms with Gasteiger partial charge in [0.1, 0.15) is 5.02 Å². The molecule has 1 aromatic carbocycles. The first kappa shape index (κ1) is 16.7. The summed E-state index contributed by atoms with van der Waals surface area (Å²) in [7, 11) is 0. The minimum absolute atomic E-state index is 0.185. The summed E-state index contributed by atoms with van der Waals surface area (Å²) >= 11 is 7.97. The highest BCUT2D eigenvalue weighted by molar-refractivity contribution is 7.15. The van der Waals surface area contributed by atoms with E-state index in [-0.39, 0.29) is 16.5 Å². The first-order chi connectivity index (χ1) is 13.1. The van der Waals surface area contributed by atoms with E-state index in [2.05, 4.69) is 11.1 Å². The van der Waals surface area contributed by atoms with Gasteiger partial charge < -0.3 is 0 Å². The Balaban J connectivity index is 1.59. The number of nitrogens with zero attached hydrogens (tertiary/aromatic N) is 3. The van der Waals surface area contributed by atoms with E-state index < -0.39 is 0 Å². The molecule has 0 radical (unpaired) electrons. The predicted molar refractivity (Wildman–Crippen MR) is 109 cm³/mol. The molecule has 0 aliphatic heterocycles. The SMILES string of the molecule is Cc1ccc(-c2csc3nc([C@@H]4C[C@H]4c4cccnc4)c(Cl)c(=O)n23)cc1. The van der Waals surface area contributed by atoms with Crippen LogP contribution in [0, 0.1) is 6.92 Å². The fourth-order valence-corrected chi connectivity index (χ4v) is 4.74. The number of hydrogen-bond acceptors (Lipinski definition) is 4. The van der Waals surface area contributed by atoms with Crippen molar-refractivity contribution in [3.8, 4) is 11.3 Å². The van der Waals surface area contributed by atoms with Gasteiger partial charge in [-0.05, 0) is 36.5 Å². The van der Waals surface area contributed by atoms with Crippen molar-refractivity contribution in [3.63, 3.8) is 0 Å². The number of benzene rings is 1. The predicted octanol–water partition coefficient (Wildman–Crippen LogP) is 5.05. The van der Waals surface area contributed by atoms with E-state index in [1.54, 1.807) is 10.6 Å². The van der Waals surface area contributed by atoms with Crippen LogP contribution < -0.4 is 5.56 Å². The highest BCUT2D eigenvalue weighted by Gasteiger charge is 2.42. The zero-order chi connectivity index (χ0) is 18.5. The second kappa shape index (κ2) is 6.29. The van der Waals surface area contributed by atoms with Gasteiger partial charge in [-0.2, -0.15) is 0 Å². The topological polar surface area (TPSA) is 47.3 Å². The molecule has 134 valence electrons. The molecular weight excluding hydrogens is 378 g/mol. The molecule has 1 saturated carbocycles. The van der Waals surface area contributed by atoms with Gasteiger partial charge in [-0.3, -0.25) is 9.78 Å². The summed E-state index contributed by atoms with van der Waals surface area (Å²) in [5.74, 6) is 0.520. The Hall–Kier alpha value is -2.50. The van der Waals surface area contributed by atoms with Gasteiger partial charge in [0.05, 0.1) is 11.4 Å². The minimum atomic E-state index is -0.190. The summed E-state index contributed by atoms with van der Waals surface area (Å²) in [6.45, 7) is 2.04.